The minimum absolute atomic E-state index is 0. The van der Waals surface area contributed by atoms with Gasteiger partial charge >= 0.3 is 0 Å². The lowest BCUT2D eigenvalue weighted by Crippen LogP contribution is -2.18. The normalized spacial score (nSPS) is 11.6. The van der Waals surface area contributed by atoms with E-state index in [9.17, 15) is 0 Å². The predicted octanol–water partition coefficient (Wildman–Crippen LogP) is 2.32. The molecule has 2 N–H and O–H groups in total. The molecule has 0 aromatic heterocycles. The molecule has 92 valence electrons. The summed E-state index contributed by atoms with van der Waals surface area (Å²) in [6.07, 6.45) is 0.813. The maximum absolute atomic E-state index is 5.78. The molecule has 3 nitrogen and oxygen atoms in total. The molecule has 0 spiro atoms. The van der Waals surface area contributed by atoms with Gasteiger partial charge in [0.2, 0.25) is 0 Å². The molecule has 16 heavy (non-hydrogen) atoms. The molecule has 0 fully saturated rings. The lowest BCUT2D eigenvalue weighted by molar-refractivity contribution is 0.384. The molecule has 0 bridgehead atoms. The smallest absolute Gasteiger partial charge is 0.128 e. The van der Waals surface area contributed by atoms with Crippen molar-refractivity contribution >= 4 is 12.4 Å². The summed E-state index contributed by atoms with van der Waals surface area (Å²) in [5, 5.41) is 0. The van der Waals surface area contributed by atoms with Gasteiger partial charge in [0.25, 0.3) is 0 Å². The highest BCUT2D eigenvalue weighted by molar-refractivity contribution is 5.85. The largest absolute Gasteiger partial charge is 0.496 e. The predicted molar refractivity (Wildman–Crippen MR) is 68.9 cm³/mol. The molecule has 1 aromatic carbocycles. The number of methoxy groups -OCH3 is 2. The minimum Gasteiger partial charge on any atom is -0.496 e. The second-order valence-corrected chi connectivity index (χ2v) is 3.77. The Morgan fingerprint density at radius 1 is 1.25 bits per heavy atom. The zero-order valence-corrected chi connectivity index (χ0v) is 11.1. The van der Waals surface area contributed by atoms with Crippen molar-refractivity contribution in [1.29, 1.82) is 0 Å². The van der Waals surface area contributed by atoms with Crippen LogP contribution in [0.15, 0.2) is 12.1 Å². The number of benzene rings is 1. The van der Waals surface area contributed by atoms with Crippen LogP contribution in [0.4, 0.5) is 0 Å². The number of hydrogen-bond acceptors (Lipinski definition) is 3. The molecule has 0 aliphatic rings. The SMILES string of the molecule is COc1ccc(CC(C)N)c(OC)c1C.Cl. The van der Waals surface area contributed by atoms with Crippen LogP contribution in [0.25, 0.3) is 0 Å². The van der Waals surface area contributed by atoms with E-state index in [1.54, 1.807) is 14.2 Å². The highest BCUT2D eigenvalue weighted by Gasteiger charge is 2.11. The average molecular weight is 246 g/mol. The summed E-state index contributed by atoms with van der Waals surface area (Å²) in [5.74, 6) is 1.73. The molecule has 0 aliphatic heterocycles. The number of hydrogen-bond donors (Lipinski definition) is 1. The van der Waals surface area contributed by atoms with Gasteiger partial charge in [0.05, 0.1) is 14.2 Å². The highest BCUT2D eigenvalue weighted by Crippen LogP contribution is 2.31. The zero-order valence-electron chi connectivity index (χ0n) is 10.2. The van der Waals surface area contributed by atoms with Crippen molar-refractivity contribution in [3.63, 3.8) is 0 Å². The molecule has 1 unspecified atom stereocenters. The van der Waals surface area contributed by atoms with E-state index in [-0.39, 0.29) is 18.4 Å². The van der Waals surface area contributed by atoms with Crippen molar-refractivity contribution in [3.8, 4) is 11.5 Å². The van der Waals surface area contributed by atoms with Gasteiger partial charge in [-0.25, -0.2) is 0 Å². The summed E-state index contributed by atoms with van der Waals surface area (Å²) in [4.78, 5) is 0. The summed E-state index contributed by atoms with van der Waals surface area (Å²) in [5.41, 5.74) is 7.94. The lowest BCUT2D eigenvalue weighted by Gasteiger charge is -2.15. The molecule has 0 saturated carbocycles. The first kappa shape index (κ1) is 15.1. The average Bonchev–Trinajstić information content (AvgIpc) is 2.18. The van der Waals surface area contributed by atoms with E-state index < -0.39 is 0 Å². The molecule has 1 atom stereocenters. The van der Waals surface area contributed by atoms with Gasteiger partial charge in [-0.05, 0) is 31.9 Å². The van der Waals surface area contributed by atoms with Crippen molar-refractivity contribution in [2.24, 2.45) is 5.73 Å². The molecule has 0 radical (unpaired) electrons. The van der Waals surface area contributed by atoms with Crippen molar-refractivity contribution in [3.05, 3.63) is 23.3 Å². The van der Waals surface area contributed by atoms with Crippen LogP contribution in [0.5, 0.6) is 11.5 Å². The molecule has 1 aromatic rings. The van der Waals surface area contributed by atoms with Crippen molar-refractivity contribution in [2.45, 2.75) is 26.3 Å². The standard InChI is InChI=1S/C12H19NO2.ClH/c1-8(13)7-10-5-6-11(14-3)9(2)12(10)15-4;/h5-6,8H,7,13H2,1-4H3;1H. The Balaban J connectivity index is 0.00000225. The van der Waals surface area contributed by atoms with Crippen LogP contribution in [-0.2, 0) is 6.42 Å². The minimum atomic E-state index is 0. The van der Waals surface area contributed by atoms with E-state index in [1.807, 2.05) is 26.0 Å². The van der Waals surface area contributed by atoms with Crippen LogP contribution in [0.2, 0.25) is 0 Å². The van der Waals surface area contributed by atoms with Gasteiger partial charge in [-0.1, -0.05) is 6.07 Å². The molecule has 4 heteroatoms. The van der Waals surface area contributed by atoms with Crippen LogP contribution < -0.4 is 15.2 Å². The van der Waals surface area contributed by atoms with Gasteiger partial charge in [0.15, 0.2) is 0 Å². The molecule has 0 amide bonds. The topological polar surface area (TPSA) is 44.5 Å². The Morgan fingerprint density at radius 2 is 1.88 bits per heavy atom. The second kappa shape index (κ2) is 6.61. The van der Waals surface area contributed by atoms with E-state index in [0.29, 0.717) is 0 Å². The van der Waals surface area contributed by atoms with Crippen LogP contribution in [0.3, 0.4) is 0 Å². The third-order valence-corrected chi connectivity index (χ3v) is 2.40. The lowest BCUT2D eigenvalue weighted by atomic mass is 10.0. The van der Waals surface area contributed by atoms with Crippen LogP contribution in [0, 0.1) is 6.92 Å². The quantitative estimate of drug-likeness (QED) is 0.886. The van der Waals surface area contributed by atoms with E-state index >= 15 is 0 Å². The fourth-order valence-electron chi connectivity index (χ4n) is 1.74. The van der Waals surface area contributed by atoms with Crippen molar-refractivity contribution in [2.75, 3.05) is 14.2 Å². The molecular weight excluding hydrogens is 226 g/mol. The number of rotatable bonds is 4. The first-order chi connectivity index (χ1) is 7.10. The van der Waals surface area contributed by atoms with E-state index in [0.717, 1.165) is 29.0 Å². The molecule has 0 aliphatic carbocycles. The number of nitrogens with two attached hydrogens (primary N) is 1. The van der Waals surface area contributed by atoms with E-state index in [1.165, 1.54) is 0 Å². The van der Waals surface area contributed by atoms with Crippen LogP contribution in [0.1, 0.15) is 18.1 Å². The van der Waals surface area contributed by atoms with Gasteiger partial charge in [-0.15, -0.1) is 12.4 Å². The van der Waals surface area contributed by atoms with Crippen molar-refractivity contribution in [1.82, 2.24) is 0 Å². The molecule has 0 saturated heterocycles. The molecular formula is C12H20ClNO2. The fraction of sp³-hybridized carbons (Fsp3) is 0.500. The summed E-state index contributed by atoms with van der Waals surface area (Å²) >= 11 is 0. The Kier molecular flexibility index (Phi) is 6.22. The summed E-state index contributed by atoms with van der Waals surface area (Å²) in [6.45, 7) is 3.97. The second-order valence-electron chi connectivity index (χ2n) is 3.77. The highest BCUT2D eigenvalue weighted by atomic mass is 35.5. The fourth-order valence-corrected chi connectivity index (χ4v) is 1.74. The first-order valence-electron chi connectivity index (χ1n) is 5.06. The third-order valence-electron chi connectivity index (χ3n) is 2.40. The monoisotopic (exact) mass is 245 g/mol. The van der Waals surface area contributed by atoms with E-state index in [2.05, 4.69) is 0 Å². The molecule has 1 rings (SSSR count). The van der Waals surface area contributed by atoms with Crippen molar-refractivity contribution < 1.29 is 9.47 Å². The first-order valence-corrected chi connectivity index (χ1v) is 5.06. The Labute approximate surface area is 103 Å². The summed E-state index contributed by atoms with van der Waals surface area (Å²) in [6, 6.07) is 4.09. The summed E-state index contributed by atoms with van der Waals surface area (Å²) in [7, 11) is 3.33. The van der Waals surface area contributed by atoms with Gasteiger partial charge in [-0.3, -0.25) is 0 Å². The van der Waals surface area contributed by atoms with E-state index in [4.69, 9.17) is 15.2 Å². The van der Waals surface area contributed by atoms with Crippen LogP contribution in [-0.4, -0.2) is 20.3 Å². The maximum Gasteiger partial charge on any atom is 0.128 e. The Morgan fingerprint density at radius 3 is 2.31 bits per heavy atom. The summed E-state index contributed by atoms with van der Waals surface area (Å²) < 4.78 is 10.6. The van der Waals surface area contributed by atoms with Crippen LogP contribution >= 0.6 is 12.4 Å². The molecule has 0 heterocycles. The van der Waals surface area contributed by atoms with Gasteiger partial charge in [0.1, 0.15) is 11.5 Å². The van der Waals surface area contributed by atoms with Gasteiger partial charge in [-0.2, -0.15) is 0 Å². The third kappa shape index (κ3) is 3.29. The number of ether oxygens (including phenoxy) is 2. The Hall–Kier alpha value is -0.930. The number of halogens is 1. The Bertz CT molecular complexity index is 340. The maximum atomic E-state index is 5.78. The van der Waals surface area contributed by atoms with Gasteiger partial charge in [0, 0.05) is 11.6 Å². The van der Waals surface area contributed by atoms with Gasteiger partial charge < -0.3 is 15.2 Å². The zero-order chi connectivity index (χ0) is 11.4.